The molecule has 0 bridgehead atoms. The van der Waals surface area contributed by atoms with E-state index in [9.17, 15) is 9.18 Å². The molecule has 50 valence electrons. The fourth-order valence-electron chi connectivity index (χ4n) is 0.464. The number of hydrogen-bond donors (Lipinski definition) is 0. The molecule has 0 aromatic carbocycles. The summed E-state index contributed by atoms with van der Waals surface area (Å²) in [4.78, 5) is 10.0. The number of halogens is 1. The van der Waals surface area contributed by atoms with E-state index in [1.807, 2.05) is 0 Å². The lowest BCUT2D eigenvalue weighted by Crippen LogP contribution is -2.34. The number of carbonyl (C=O) groups is 1. The third-order valence-corrected chi connectivity index (χ3v) is 0.956. The lowest BCUT2D eigenvalue weighted by atomic mass is 10.3. The molecule has 0 N–H and O–H groups in total. The van der Waals surface area contributed by atoms with Gasteiger partial charge in [-0.3, -0.25) is 4.79 Å². The van der Waals surface area contributed by atoms with E-state index < -0.39 is 12.5 Å². The summed E-state index contributed by atoms with van der Waals surface area (Å²) in [6.45, 7) is -0.969. The smallest absolute Gasteiger partial charge is 0.336 e. The summed E-state index contributed by atoms with van der Waals surface area (Å²) < 4.78 is 20.8. The molecular formula is C5H5FO3. The van der Waals surface area contributed by atoms with E-state index in [2.05, 4.69) is 9.47 Å². The van der Waals surface area contributed by atoms with Crippen LogP contribution in [-0.2, 0) is 14.3 Å². The summed E-state index contributed by atoms with van der Waals surface area (Å²) in [6, 6.07) is 0. The molecule has 3 nitrogen and oxygen atoms in total. The van der Waals surface area contributed by atoms with Crippen molar-refractivity contribution >= 4 is 6.29 Å². The molecule has 0 fully saturated rings. The first-order chi connectivity index (χ1) is 4.33. The Kier molecular flexibility index (Phi) is 1.38. The van der Waals surface area contributed by atoms with Crippen LogP contribution in [0.2, 0.25) is 0 Å². The normalized spacial score (nSPS) is 20.6. The highest BCUT2D eigenvalue weighted by Gasteiger charge is 2.35. The first kappa shape index (κ1) is 6.07. The van der Waals surface area contributed by atoms with Crippen molar-refractivity contribution in [3.63, 3.8) is 0 Å². The van der Waals surface area contributed by atoms with Gasteiger partial charge >= 0.3 is 5.79 Å². The van der Waals surface area contributed by atoms with Gasteiger partial charge in [0.1, 0.15) is 12.5 Å². The average Bonchev–Trinajstić information content (AvgIpc) is 2.36. The minimum Gasteiger partial charge on any atom is -0.449 e. The Balaban J connectivity index is 2.60. The summed E-state index contributed by atoms with van der Waals surface area (Å²) in [5, 5.41) is 0. The molecule has 1 aliphatic rings. The molecule has 0 saturated heterocycles. The number of ether oxygens (including phenoxy) is 2. The Labute approximate surface area is 51.1 Å². The summed E-state index contributed by atoms with van der Waals surface area (Å²) in [5.41, 5.74) is 0. The second-order valence-corrected chi connectivity index (χ2v) is 1.57. The molecule has 1 rings (SSSR count). The van der Waals surface area contributed by atoms with Gasteiger partial charge in [0.2, 0.25) is 6.29 Å². The van der Waals surface area contributed by atoms with Crippen molar-refractivity contribution in [2.24, 2.45) is 0 Å². The molecule has 0 saturated carbocycles. The van der Waals surface area contributed by atoms with Crippen LogP contribution in [0, 0.1) is 0 Å². The third kappa shape index (κ3) is 0.872. The standard InChI is InChI=1S/C5H5FO3/c6-3-5(4-7)8-1-2-9-5/h1-2,4H,3H2. The van der Waals surface area contributed by atoms with E-state index in [1.54, 1.807) is 0 Å². The van der Waals surface area contributed by atoms with Gasteiger partial charge in [-0.15, -0.1) is 0 Å². The Morgan fingerprint density at radius 2 is 2.11 bits per heavy atom. The Morgan fingerprint density at radius 1 is 1.56 bits per heavy atom. The Hall–Kier alpha value is -1.06. The number of carbonyl (C=O) groups excluding carboxylic acids is 1. The zero-order chi connectivity index (χ0) is 6.74. The van der Waals surface area contributed by atoms with Crippen molar-refractivity contribution in [3.8, 4) is 0 Å². The molecule has 0 aromatic heterocycles. The molecule has 0 atom stereocenters. The molecule has 0 radical (unpaired) electrons. The summed E-state index contributed by atoms with van der Waals surface area (Å²) >= 11 is 0. The van der Waals surface area contributed by atoms with Gasteiger partial charge in [-0.05, 0) is 0 Å². The first-order valence-corrected chi connectivity index (χ1v) is 2.36. The maximum atomic E-state index is 11.8. The number of aldehydes is 1. The lowest BCUT2D eigenvalue weighted by molar-refractivity contribution is -0.164. The molecule has 4 heteroatoms. The van der Waals surface area contributed by atoms with Gasteiger partial charge in [0, 0.05) is 0 Å². The maximum absolute atomic E-state index is 11.8. The topological polar surface area (TPSA) is 35.5 Å². The van der Waals surface area contributed by atoms with Crippen LogP contribution in [0.3, 0.4) is 0 Å². The molecule has 0 aromatic rings. The average molecular weight is 132 g/mol. The first-order valence-electron chi connectivity index (χ1n) is 2.36. The van der Waals surface area contributed by atoms with Crippen molar-refractivity contribution in [2.75, 3.05) is 6.67 Å². The molecule has 0 amide bonds. The fourth-order valence-corrected chi connectivity index (χ4v) is 0.464. The summed E-state index contributed by atoms with van der Waals surface area (Å²) in [7, 11) is 0. The highest BCUT2D eigenvalue weighted by molar-refractivity contribution is 5.61. The molecule has 0 spiro atoms. The number of hydrogen-bond acceptors (Lipinski definition) is 3. The van der Waals surface area contributed by atoms with Crippen LogP contribution in [-0.4, -0.2) is 18.7 Å². The molecule has 1 aliphatic heterocycles. The highest BCUT2D eigenvalue weighted by Crippen LogP contribution is 2.17. The zero-order valence-corrected chi connectivity index (χ0v) is 4.54. The minimum absolute atomic E-state index is 0.285. The van der Waals surface area contributed by atoms with Gasteiger partial charge in [0.15, 0.2) is 6.67 Å². The number of rotatable bonds is 2. The maximum Gasteiger partial charge on any atom is 0.336 e. The predicted molar refractivity (Wildman–Crippen MR) is 26.1 cm³/mol. The lowest BCUT2D eigenvalue weighted by Gasteiger charge is -2.15. The van der Waals surface area contributed by atoms with Gasteiger partial charge in [-0.25, -0.2) is 4.39 Å². The van der Waals surface area contributed by atoms with Crippen LogP contribution in [0.25, 0.3) is 0 Å². The van der Waals surface area contributed by atoms with Crippen LogP contribution < -0.4 is 0 Å². The largest absolute Gasteiger partial charge is 0.449 e. The van der Waals surface area contributed by atoms with Crippen LogP contribution >= 0.6 is 0 Å². The Morgan fingerprint density at radius 3 is 2.33 bits per heavy atom. The van der Waals surface area contributed by atoms with Gasteiger partial charge in [0.25, 0.3) is 0 Å². The molecule has 0 unspecified atom stereocenters. The van der Waals surface area contributed by atoms with Gasteiger partial charge in [0.05, 0.1) is 0 Å². The van der Waals surface area contributed by atoms with Crippen LogP contribution in [0.15, 0.2) is 12.5 Å². The Bertz CT molecular complexity index is 135. The van der Waals surface area contributed by atoms with E-state index in [-0.39, 0.29) is 6.29 Å². The van der Waals surface area contributed by atoms with E-state index in [1.165, 1.54) is 0 Å². The van der Waals surface area contributed by atoms with E-state index >= 15 is 0 Å². The van der Waals surface area contributed by atoms with Crippen molar-refractivity contribution in [2.45, 2.75) is 5.79 Å². The van der Waals surface area contributed by atoms with Crippen molar-refractivity contribution in [1.82, 2.24) is 0 Å². The molecule has 9 heavy (non-hydrogen) atoms. The van der Waals surface area contributed by atoms with Crippen molar-refractivity contribution < 1.29 is 18.7 Å². The zero-order valence-electron chi connectivity index (χ0n) is 4.54. The van der Waals surface area contributed by atoms with E-state index in [4.69, 9.17) is 0 Å². The fraction of sp³-hybridized carbons (Fsp3) is 0.400. The van der Waals surface area contributed by atoms with Gasteiger partial charge in [-0.2, -0.15) is 0 Å². The monoisotopic (exact) mass is 132 g/mol. The second kappa shape index (κ2) is 2.05. The quantitative estimate of drug-likeness (QED) is 0.509. The van der Waals surface area contributed by atoms with Crippen LogP contribution in [0.4, 0.5) is 4.39 Å². The van der Waals surface area contributed by atoms with Gasteiger partial charge in [-0.1, -0.05) is 0 Å². The van der Waals surface area contributed by atoms with Crippen LogP contribution in [0.5, 0.6) is 0 Å². The summed E-state index contributed by atoms with van der Waals surface area (Å²) in [5.74, 6) is -1.68. The number of alkyl halides is 1. The molecule has 1 heterocycles. The van der Waals surface area contributed by atoms with Gasteiger partial charge < -0.3 is 9.47 Å². The van der Waals surface area contributed by atoms with Crippen LogP contribution in [0.1, 0.15) is 0 Å². The SMILES string of the molecule is O=CC1(CF)OC=CO1. The summed E-state index contributed by atoms with van der Waals surface area (Å²) in [6.07, 6.45) is 2.55. The minimum atomic E-state index is -1.68. The van der Waals surface area contributed by atoms with E-state index in [0.29, 0.717) is 0 Å². The molecular weight excluding hydrogens is 127 g/mol. The van der Waals surface area contributed by atoms with Crippen molar-refractivity contribution in [3.05, 3.63) is 12.5 Å². The third-order valence-electron chi connectivity index (χ3n) is 0.956. The predicted octanol–water partition coefficient (Wildman–Crippen LogP) is 0.369. The molecule has 0 aliphatic carbocycles. The highest BCUT2D eigenvalue weighted by atomic mass is 19.1. The van der Waals surface area contributed by atoms with E-state index in [0.717, 1.165) is 12.5 Å². The van der Waals surface area contributed by atoms with Crippen molar-refractivity contribution in [1.29, 1.82) is 0 Å². The second-order valence-electron chi connectivity index (χ2n) is 1.57.